The Bertz CT molecular complexity index is 391. The SMILES string of the molecule is Cc1csc(CC2CC(C(C)(C)C)CCC2N)n1. The highest BCUT2D eigenvalue weighted by molar-refractivity contribution is 7.09. The van der Waals surface area contributed by atoms with Gasteiger partial charge in [-0.2, -0.15) is 0 Å². The summed E-state index contributed by atoms with van der Waals surface area (Å²) in [6.07, 6.45) is 4.81. The van der Waals surface area contributed by atoms with Crippen molar-refractivity contribution in [2.24, 2.45) is 23.0 Å². The van der Waals surface area contributed by atoms with Gasteiger partial charge in [-0.1, -0.05) is 20.8 Å². The molecule has 2 rings (SSSR count). The molecule has 0 aromatic carbocycles. The highest BCUT2D eigenvalue weighted by Crippen LogP contribution is 2.40. The van der Waals surface area contributed by atoms with Gasteiger partial charge in [0, 0.05) is 23.5 Å². The van der Waals surface area contributed by atoms with E-state index in [2.05, 4.69) is 38.1 Å². The first-order valence-corrected chi connectivity index (χ1v) is 7.91. The predicted octanol–water partition coefficient (Wildman–Crippen LogP) is 3.78. The third-order valence-corrected chi connectivity index (χ3v) is 5.36. The Labute approximate surface area is 115 Å². The van der Waals surface area contributed by atoms with E-state index in [0.717, 1.165) is 18.0 Å². The number of aromatic nitrogens is 1. The number of hydrogen-bond acceptors (Lipinski definition) is 3. The highest BCUT2D eigenvalue weighted by Gasteiger charge is 2.34. The molecule has 1 aromatic heterocycles. The summed E-state index contributed by atoms with van der Waals surface area (Å²) in [4.78, 5) is 4.59. The molecule has 1 aliphatic carbocycles. The lowest BCUT2D eigenvalue weighted by molar-refractivity contribution is 0.126. The van der Waals surface area contributed by atoms with E-state index in [9.17, 15) is 0 Å². The fraction of sp³-hybridized carbons (Fsp3) is 0.800. The molecule has 2 nitrogen and oxygen atoms in total. The first kappa shape index (κ1) is 14.0. The summed E-state index contributed by atoms with van der Waals surface area (Å²) >= 11 is 1.79. The highest BCUT2D eigenvalue weighted by atomic mass is 32.1. The van der Waals surface area contributed by atoms with Crippen molar-refractivity contribution >= 4 is 11.3 Å². The minimum atomic E-state index is 0.368. The molecule has 1 aliphatic rings. The summed E-state index contributed by atoms with van der Waals surface area (Å²) in [6, 6.07) is 0.368. The van der Waals surface area contributed by atoms with E-state index >= 15 is 0 Å². The van der Waals surface area contributed by atoms with Crippen molar-refractivity contribution in [3.05, 3.63) is 16.1 Å². The fourth-order valence-corrected chi connectivity index (χ4v) is 3.90. The van der Waals surface area contributed by atoms with Crippen LogP contribution in [0.4, 0.5) is 0 Å². The van der Waals surface area contributed by atoms with Crippen LogP contribution in [0.25, 0.3) is 0 Å². The first-order valence-electron chi connectivity index (χ1n) is 7.03. The van der Waals surface area contributed by atoms with Crippen molar-refractivity contribution in [3.63, 3.8) is 0 Å². The quantitative estimate of drug-likeness (QED) is 0.884. The van der Waals surface area contributed by atoms with E-state index in [4.69, 9.17) is 5.73 Å². The van der Waals surface area contributed by atoms with Crippen molar-refractivity contribution in [3.8, 4) is 0 Å². The summed E-state index contributed by atoms with van der Waals surface area (Å²) in [6.45, 7) is 9.15. The van der Waals surface area contributed by atoms with Gasteiger partial charge in [0.25, 0.3) is 0 Å². The molecule has 0 bridgehead atoms. The molecule has 1 heterocycles. The molecule has 0 radical (unpaired) electrons. The van der Waals surface area contributed by atoms with Crippen LogP contribution < -0.4 is 5.73 Å². The summed E-state index contributed by atoms with van der Waals surface area (Å²) in [7, 11) is 0. The molecule has 3 unspecified atom stereocenters. The van der Waals surface area contributed by atoms with E-state index in [1.807, 2.05) is 0 Å². The topological polar surface area (TPSA) is 38.9 Å². The normalized spacial score (nSPS) is 29.5. The van der Waals surface area contributed by atoms with Crippen LogP contribution >= 0.6 is 11.3 Å². The number of thiazole rings is 1. The summed E-state index contributed by atoms with van der Waals surface area (Å²) < 4.78 is 0. The van der Waals surface area contributed by atoms with Crippen molar-refractivity contribution in [1.82, 2.24) is 4.98 Å². The van der Waals surface area contributed by atoms with Crippen LogP contribution in [0.2, 0.25) is 0 Å². The molecule has 1 fully saturated rings. The van der Waals surface area contributed by atoms with Gasteiger partial charge in [0.1, 0.15) is 0 Å². The molecule has 0 aliphatic heterocycles. The second-order valence-electron chi connectivity index (χ2n) is 6.89. The molecule has 0 amide bonds. The maximum atomic E-state index is 6.32. The van der Waals surface area contributed by atoms with Crippen molar-refractivity contribution in [2.45, 2.75) is 59.4 Å². The number of rotatable bonds is 2. The maximum absolute atomic E-state index is 6.32. The van der Waals surface area contributed by atoms with E-state index in [-0.39, 0.29) is 0 Å². The minimum Gasteiger partial charge on any atom is -0.327 e. The molecule has 3 heteroatoms. The van der Waals surface area contributed by atoms with Crippen molar-refractivity contribution in [2.75, 3.05) is 0 Å². The predicted molar refractivity (Wildman–Crippen MR) is 78.8 cm³/mol. The fourth-order valence-electron chi connectivity index (χ4n) is 3.03. The molecule has 0 spiro atoms. The third-order valence-electron chi connectivity index (χ3n) is 4.37. The lowest BCUT2D eigenvalue weighted by Gasteiger charge is -2.40. The molecule has 3 atom stereocenters. The second-order valence-corrected chi connectivity index (χ2v) is 7.83. The van der Waals surface area contributed by atoms with Crippen LogP contribution in [0.1, 0.15) is 50.7 Å². The monoisotopic (exact) mass is 266 g/mol. The lowest BCUT2D eigenvalue weighted by atomic mass is 9.67. The first-order chi connectivity index (χ1) is 8.36. The van der Waals surface area contributed by atoms with Crippen LogP contribution in [-0.4, -0.2) is 11.0 Å². The van der Waals surface area contributed by atoms with Crippen LogP contribution in [0.3, 0.4) is 0 Å². The van der Waals surface area contributed by atoms with E-state index in [1.165, 1.54) is 24.3 Å². The lowest BCUT2D eigenvalue weighted by Crippen LogP contribution is -2.40. The van der Waals surface area contributed by atoms with Gasteiger partial charge in [-0.05, 0) is 43.4 Å². The molecule has 0 saturated heterocycles. The maximum Gasteiger partial charge on any atom is 0.0931 e. The third kappa shape index (κ3) is 3.33. The van der Waals surface area contributed by atoms with Gasteiger partial charge in [-0.15, -0.1) is 11.3 Å². The van der Waals surface area contributed by atoms with E-state index < -0.39 is 0 Å². The Morgan fingerprint density at radius 1 is 1.39 bits per heavy atom. The van der Waals surface area contributed by atoms with Crippen LogP contribution in [0, 0.1) is 24.2 Å². The molecular weight excluding hydrogens is 240 g/mol. The Kier molecular flexibility index (Phi) is 4.12. The zero-order valence-electron chi connectivity index (χ0n) is 12.1. The van der Waals surface area contributed by atoms with Gasteiger partial charge in [0.05, 0.1) is 5.01 Å². The van der Waals surface area contributed by atoms with Gasteiger partial charge >= 0.3 is 0 Å². The number of hydrogen-bond donors (Lipinski definition) is 1. The summed E-state index contributed by atoms with van der Waals surface area (Å²) in [5.74, 6) is 1.43. The van der Waals surface area contributed by atoms with Gasteiger partial charge in [0.15, 0.2) is 0 Å². The van der Waals surface area contributed by atoms with E-state index in [1.54, 1.807) is 11.3 Å². The van der Waals surface area contributed by atoms with Crippen LogP contribution in [0.5, 0.6) is 0 Å². The minimum absolute atomic E-state index is 0.368. The van der Waals surface area contributed by atoms with Crippen molar-refractivity contribution < 1.29 is 0 Å². The summed E-state index contributed by atoms with van der Waals surface area (Å²) in [5, 5.41) is 3.41. The molecule has 18 heavy (non-hydrogen) atoms. The standard InChI is InChI=1S/C15H26N2S/c1-10-9-18-14(17-10)8-11-7-12(15(2,3)4)5-6-13(11)16/h9,11-13H,5-8,16H2,1-4H3. The molecule has 1 aromatic rings. The average molecular weight is 266 g/mol. The van der Waals surface area contributed by atoms with E-state index in [0.29, 0.717) is 17.4 Å². The zero-order chi connectivity index (χ0) is 13.3. The zero-order valence-corrected chi connectivity index (χ0v) is 12.9. The Balaban J connectivity index is 2.02. The van der Waals surface area contributed by atoms with Gasteiger partial charge in [0.2, 0.25) is 0 Å². The number of nitrogens with zero attached hydrogens (tertiary/aromatic N) is 1. The molecular formula is C15H26N2S. The Morgan fingerprint density at radius 3 is 2.67 bits per heavy atom. The summed E-state index contributed by atoms with van der Waals surface area (Å²) in [5.41, 5.74) is 7.87. The number of aryl methyl sites for hydroxylation is 1. The molecule has 1 saturated carbocycles. The van der Waals surface area contributed by atoms with Gasteiger partial charge in [-0.3, -0.25) is 0 Å². The average Bonchev–Trinajstić information content (AvgIpc) is 2.66. The molecule has 102 valence electrons. The second kappa shape index (κ2) is 5.30. The van der Waals surface area contributed by atoms with Crippen LogP contribution in [-0.2, 0) is 6.42 Å². The Morgan fingerprint density at radius 2 is 2.11 bits per heavy atom. The van der Waals surface area contributed by atoms with Crippen LogP contribution in [0.15, 0.2) is 5.38 Å². The number of nitrogens with two attached hydrogens (primary N) is 1. The smallest absolute Gasteiger partial charge is 0.0931 e. The Hall–Kier alpha value is -0.410. The van der Waals surface area contributed by atoms with Gasteiger partial charge in [-0.25, -0.2) is 4.98 Å². The largest absolute Gasteiger partial charge is 0.327 e. The molecule has 2 N–H and O–H groups in total. The van der Waals surface area contributed by atoms with Gasteiger partial charge < -0.3 is 5.73 Å². The van der Waals surface area contributed by atoms with Crippen molar-refractivity contribution in [1.29, 1.82) is 0 Å².